The van der Waals surface area contributed by atoms with Gasteiger partial charge in [0.1, 0.15) is 0 Å². The minimum atomic E-state index is -3.91. The summed E-state index contributed by atoms with van der Waals surface area (Å²) in [6, 6.07) is 20.3. The molecule has 7 nitrogen and oxygen atoms in total. The third kappa shape index (κ3) is 5.52. The summed E-state index contributed by atoms with van der Waals surface area (Å²) in [5.41, 5.74) is 8.03. The molecule has 1 amide bonds. The highest BCUT2D eigenvalue weighted by atomic mass is 32.2. The van der Waals surface area contributed by atoms with Crippen LogP contribution in [0.5, 0.6) is 17.2 Å². The highest BCUT2D eigenvalue weighted by molar-refractivity contribution is 7.91. The summed E-state index contributed by atoms with van der Waals surface area (Å²) in [7, 11) is -3.91. The molecule has 4 aromatic carbocycles. The first-order valence-electron chi connectivity index (χ1n) is 13.3. The van der Waals surface area contributed by atoms with E-state index in [1.54, 1.807) is 24.3 Å². The smallest absolute Gasteiger partial charge is 0.253 e. The van der Waals surface area contributed by atoms with Crippen molar-refractivity contribution in [1.29, 1.82) is 0 Å². The van der Waals surface area contributed by atoms with Crippen LogP contribution in [0, 0.1) is 0 Å². The molecule has 0 aliphatic carbocycles. The lowest BCUT2D eigenvalue weighted by molar-refractivity contribution is 0.0997. The van der Waals surface area contributed by atoms with Crippen LogP contribution in [0.25, 0.3) is 11.1 Å². The molecule has 0 unspecified atom stereocenters. The quantitative estimate of drug-likeness (QED) is 0.188. The number of phenols is 3. The summed E-state index contributed by atoms with van der Waals surface area (Å²) in [6.45, 7) is 9.88. The van der Waals surface area contributed by atoms with Crippen LogP contribution in [0.2, 0.25) is 0 Å². The van der Waals surface area contributed by atoms with E-state index < -0.39 is 38.4 Å². The van der Waals surface area contributed by atoms with Crippen molar-refractivity contribution >= 4 is 15.7 Å². The molecule has 0 bridgehead atoms. The van der Waals surface area contributed by atoms with E-state index in [2.05, 4.69) is 0 Å². The zero-order valence-electron chi connectivity index (χ0n) is 23.8. The first kappa shape index (κ1) is 29.7. The zero-order chi connectivity index (χ0) is 30.3. The molecular weight excluding hydrogens is 538 g/mol. The van der Waals surface area contributed by atoms with Gasteiger partial charge < -0.3 is 21.1 Å². The van der Waals surface area contributed by atoms with Gasteiger partial charge in [0.15, 0.2) is 11.5 Å². The van der Waals surface area contributed by atoms with Crippen molar-refractivity contribution in [3.63, 3.8) is 0 Å². The van der Waals surface area contributed by atoms with E-state index >= 15 is 0 Å². The normalized spacial score (nSPS) is 12.0. The number of hydrogen-bond donors (Lipinski definition) is 4. The number of sulfone groups is 1. The molecule has 41 heavy (non-hydrogen) atoms. The SMILES string of the molecule is CC(C)c1ccccc1Cc1c(O)c(O)c(O)c(C(N)=O)c1-c1ccc(S(=O)(=O)c2ccccc2C(C)(C)C)cc1. The van der Waals surface area contributed by atoms with E-state index in [0.717, 1.165) is 11.1 Å². The van der Waals surface area contributed by atoms with Crippen molar-refractivity contribution in [2.75, 3.05) is 0 Å². The van der Waals surface area contributed by atoms with Crippen LogP contribution in [0.3, 0.4) is 0 Å². The number of carbonyl (C=O) groups is 1. The number of hydrogen-bond acceptors (Lipinski definition) is 6. The molecule has 8 heteroatoms. The Morgan fingerprint density at radius 1 is 0.829 bits per heavy atom. The molecule has 0 aliphatic heterocycles. The van der Waals surface area contributed by atoms with E-state index in [1.807, 2.05) is 58.9 Å². The molecule has 0 spiro atoms. The number of carbonyl (C=O) groups excluding carboxylic acids is 1. The molecule has 4 rings (SSSR count). The molecule has 0 aromatic heterocycles. The third-order valence-corrected chi connectivity index (χ3v) is 9.08. The Balaban J connectivity index is 1.92. The Morgan fingerprint density at radius 2 is 1.41 bits per heavy atom. The number of nitrogens with two attached hydrogens (primary N) is 1. The number of amides is 1. The highest BCUT2D eigenvalue weighted by Crippen LogP contribution is 2.48. The van der Waals surface area contributed by atoms with Crippen LogP contribution in [-0.2, 0) is 21.7 Å². The number of aromatic hydroxyl groups is 3. The van der Waals surface area contributed by atoms with Gasteiger partial charge in [-0.05, 0) is 51.8 Å². The van der Waals surface area contributed by atoms with Gasteiger partial charge in [-0.15, -0.1) is 0 Å². The molecule has 214 valence electrons. The molecule has 0 fully saturated rings. The van der Waals surface area contributed by atoms with Crippen molar-refractivity contribution in [3.05, 3.63) is 101 Å². The molecule has 4 aromatic rings. The van der Waals surface area contributed by atoms with Gasteiger partial charge in [0.25, 0.3) is 5.91 Å². The summed E-state index contributed by atoms with van der Waals surface area (Å²) in [6.07, 6.45) is 0.114. The zero-order valence-corrected chi connectivity index (χ0v) is 24.6. The molecule has 0 atom stereocenters. The summed E-state index contributed by atoms with van der Waals surface area (Å²) < 4.78 is 27.4. The minimum absolute atomic E-state index is 0.0394. The lowest BCUT2D eigenvalue weighted by Crippen LogP contribution is -2.17. The molecule has 0 aliphatic rings. The Hall–Kier alpha value is -4.30. The number of rotatable bonds is 7. The van der Waals surface area contributed by atoms with Crippen LogP contribution >= 0.6 is 0 Å². The van der Waals surface area contributed by atoms with Gasteiger partial charge in [0.05, 0.1) is 15.4 Å². The van der Waals surface area contributed by atoms with E-state index in [9.17, 15) is 28.5 Å². The van der Waals surface area contributed by atoms with Crippen LogP contribution in [0.1, 0.15) is 73.1 Å². The summed E-state index contributed by atoms with van der Waals surface area (Å²) >= 11 is 0. The van der Waals surface area contributed by atoms with Crippen molar-refractivity contribution < 1.29 is 28.5 Å². The molecule has 0 saturated heterocycles. The fraction of sp³-hybridized carbons (Fsp3) is 0.242. The van der Waals surface area contributed by atoms with E-state index in [1.165, 1.54) is 24.3 Å². The summed E-state index contributed by atoms with van der Waals surface area (Å²) in [4.78, 5) is 12.8. The Bertz CT molecular complexity index is 1730. The fourth-order valence-electron chi connectivity index (χ4n) is 5.19. The van der Waals surface area contributed by atoms with Gasteiger partial charge in [-0.3, -0.25) is 4.79 Å². The van der Waals surface area contributed by atoms with Crippen molar-refractivity contribution in [3.8, 4) is 28.4 Å². The van der Waals surface area contributed by atoms with Gasteiger partial charge >= 0.3 is 0 Å². The number of benzene rings is 4. The third-order valence-electron chi connectivity index (χ3n) is 7.25. The van der Waals surface area contributed by atoms with Crippen LogP contribution in [0.4, 0.5) is 0 Å². The summed E-state index contributed by atoms with van der Waals surface area (Å²) in [5, 5.41) is 32.2. The second kappa shape index (κ2) is 10.9. The van der Waals surface area contributed by atoms with E-state index in [0.29, 0.717) is 11.1 Å². The van der Waals surface area contributed by atoms with Crippen LogP contribution in [-0.4, -0.2) is 29.6 Å². The fourth-order valence-corrected chi connectivity index (χ4v) is 6.86. The molecule has 5 N–H and O–H groups in total. The van der Waals surface area contributed by atoms with Crippen molar-refractivity contribution in [2.24, 2.45) is 5.73 Å². The second-order valence-electron chi connectivity index (χ2n) is 11.4. The maximum Gasteiger partial charge on any atom is 0.253 e. The topological polar surface area (TPSA) is 138 Å². The minimum Gasteiger partial charge on any atom is -0.504 e. The second-order valence-corrected chi connectivity index (χ2v) is 13.4. The van der Waals surface area contributed by atoms with Crippen molar-refractivity contribution in [2.45, 2.75) is 62.2 Å². The first-order chi connectivity index (χ1) is 19.2. The Morgan fingerprint density at radius 3 is 2.00 bits per heavy atom. The van der Waals surface area contributed by atoms with Crippen molar-refractivity contribution in [1.82, 2.24) is 0 Å². The average molecular weight is 574 g/mol. The lowest BCUT2D eigenvalue weighted by atomic mass is 9.86. The van der Waals surface area contributed by atoms with Crippen LogP contribution < -0.4 is 5.73 Å². The van der Waals surface area contributed by atoms with Gasteiger partial charge in [-0.1, -0.05) is 89.2 Å². The highest BCUT2D eigenvalue weighted by Gasteiger charge is 2.30. The Labute approximate surface area is 240 Å². The predicted octanol–water partition coefficient (Wildman–Crippen LogP) is 6.41. The maximum absolute atomic E-state index is 13.7. The largest absolute Gasteiger partial charge is 0.504 e. The van der Waals surface area contributed by atoms with Gasteiger partial charge in [-0.2, -0.15) is 0 Å². The number of primary amides is 1. The summed E-state index contributed by atoms with van der Waals surface area (Å²) in [5.74, 6) is -3.14. The van der Waals surface area contributed by atoms with E-state index in [-0.39, 0.29) is 38.8 Å². The van der Waals surface area contributed by atoms with Gasteiger partial charge in [0.2, 0.25) is 15.6 Å². The molecule has 0 saturated carbocycles. The lowest BCUT2D eigenvalue weighted by Gasteiger charge is -2.23. The average Bonchev–Trinajstić information content (AvgIpc) is 2.92. The van der Waals surface area contributed by atoms with Gasteiger partial charge in [-0.25, -0.2) is 8.42 Å². The monoisotopic (exact) mass is 573 g/mol. The van der Waals surface area contributed by atoms with Gasteiger partial charge in [0, 0.05) is 17.5 Å². The predicted molar refractivity (Wildman–Crippen MR) is 159 cm³/mol. The van der Waals surface area contributed by atoms with Crippen LogP contribution in [0.15, 0.2) is 82.6 Å². The standard InChI is InChI=1S/C33H35NO6S/c1-19(2)23-11-7-6-10-21(23)18-24-27(28(32(34)38)30(36)31(37)29(24)35)20-14-16-22(17-15-20)41(39,40)26-13-9-8-12-25(26)33(3,4)5/h6-17,19,35-37H,18H2,1-5H3,(H2,34,38). The molecular formula is C33H35NO6S. The Kier molecular flexibility index (Phi) is 7.91. The molecule has 0 radical (unpaired) electrons. The molecule has 0 heterocycles. The first-order valence-corrected chi connectivity index (χ1v) is 14.8. The number of phenolic OH excluding ortho intramolecular Hbond substituents is 2. The maximum atomic E-state index is 13.7. The van der Waals surface area contributed by atoms with E-state index in [4.69, 9.17) is 5.73 Å².